The summed E-state index contributed by atoms with van der Waals surface area (Å²) in [6.45, 7) is 2.51. The molecule has 0 radical (unpaired) electrons. The van der Waals surface area contributed by atoms with Crippen LogP contribution in [0.1, 0.15) is 40.6 Å². The third-order valence-corrected chi connectivity index (χ3v) is 4.84. The largest absolute Gasteiger partial charge is 0.464 e. The van der Waals surface area contributed by atoms with Gasteiger partial charge in [-0.3, -0.25) is 4.90 Å². The number of carbonyl (C=O) groups excluding carboxylic acids is 1. The van der Waals surface area contributed by atoms with Gasteiger partial charge in [-0.15, -0.1) is 0 Å². The second kappa shape index (κ2) is 7.80. The number of rotatable bonds is 5. The van der Waals surface area contributed by atoms with Crippen LogP contribution in [0.5, 0.6) is 0 Å². The van der Waals surface area contributed by atoms with E-state index in [0.717, 1.165) is 43.6 Å². The number of H-pyrrole nitrogens is 1. The zero-order valence-electron chi connectivity index (χ0n) is 14.2. The molecule has 134 valence electrons. The minimum absolute atomic E-state index is 0.179. The highest BCUT2D eigenvalue weighted by Crippen LogP contribution is 2.31. The lowest BCUT2D eigenvalue weighted by molar-refractivity contribution is 0.0565. The van der Waals surface area contributed by atoms with E-state index in [1.54, 1.807) is 12.1 Å². The number of ether oxygens (including phenoxy) is 1. The van der Waals surface area contributed by atoms with Crippen LogP contribution < -0.4 is 0 Å². The number of aromatic nitrogens is 1. The number of halogens is 1. The van der Waals surface area contributed by atoms with E-state index < -0.39 is 6.10 Å². The summed E-state index contributed by atoms with van der Waals surface area (Å²) in [4.78, 5) is 16.7. The predicted molar refractivity (Wildman–Crippen MR) is 91.5 cm³/mol. The highest BCUT2D eigenvalue weighted by atomic mass is 19.1. The van der Waals surface area contributed by atoms with Gasteiger partial charge >= 0.3 is 5.97 Å². The summed E-state index contributed by atoms with van der Waals surface area (Å²) >= 11 is 0. The molecule has 6 heteroatoms. The smallest absolute Gasteiger partial charge is 0.354 e. The molecule has 0 aliphatic carbocycles. The van der Waals surface area contributed by atoms with Crippen molar-refractivity contribution >= 4 is 5.97 Å². The first-order chi connectivity index (χ1) is 12.1. The number of aliphatic hydroxyl groups is 1. The lowest BCUT2D eigenvalue weighted by Gasteiger charge is -2.34. The first-order valence-electron chi connectivity index (χ1n) is 8.48. The maximum Gasteiger partial charge on any atom is 0.354 e. The Morgan fingerprint density at radius 2 is 2.04 bits per heavy atom. The topological polar surface area (TPSA) is 65.6 Å². The first-order valence-corrected chi connectivity index (χ1v) is 8.48. The van der Waals surface area contributed by atoms with Crippen LogP contribution in [0.2, 0.25) is 0 Å². The Labute approximate surface area is 146 Å². The molecule has 2 heterocycles. The minimum atomic E-state index is -0.555. The van der Waals surface area contributed by atoms with E-state index in [0.29, 0.717) is 5.69 Å². The van der Waals surface area contributed by atoms with E-state index in [4.69, 9.17) is 4.74 Å². The molecule has 1 aromatic carbocycles. The molecule has 2 N–H and O–H groups in total. The number of nitrogens with one attached hydrogen (secondary N) is 1. The molecule has 1 fully saturated rings. The fourth-order valence-corrected chi connectivity index (χ4v) is 3.38. The Hall–Kier alpha value is -2.18. The molecule has 0 amide bonds. The summed E-state index contributed by atoms with van der Waals surface area (Å²) in [6, 6.07) is 7.89. The fourth-order valence-electron chi connectivity index (χ4n) is 3.38. The van der Waals surface area contributed by atoms with Crippen LogP contribution in [0.15, 0.2) is 36.5 Å². The summed E-state index contributed by atoms with van der Waals surface area (Å²) in [7, 11) is 1.36. The highest BCUT2D eigenvalue weighted by molar-refractivity contribution is 5.87. The fraction of sp³-hybridized carbons (Fsp3) is 0.421. The molecule has 25 heavy (non-hydrogen) atoms. The SMILES string of the molecule is COC(=O)c1cc(CN2CCC(C(O)c3ccc(F)cc3)CC2)c[nH]1. The van der Waals surface area contributed by atoms with Gasteiger partial charge in [-0.2, -0.15) is 0 Å². The van der Waals surface area contributed by atoms with Crippen molar-refractivity contribution in [3.8, 4) is 0 Å². The van der Waals surface area contributed by atoms with Gasteiger partial charge in [0.1, 0.15) is 11.5 Å². The van der Waals surface area contributed by atoms with E-state index in [2.05, 4.69) is 9.88 Å². The van der Waals surface area contributed by atoms with Crippen molar-refractivity contribution < 1.29 is 19.0 Å². The molecule has 1 aliphatic heterocycles. The maximum absolute atomic E-state index is 13.0. The van der Waals surface area contributed by atoms with Gasteiger partial charge < -0.3 is 14.8 Å². The number of hydrogen-bond acceptors (Lipinski definition) is 4. The molecule has 1 aliphatic rings. The predicted octanol–water partition coefficient (Wildman–Crippen LogP) is 2.89. The molecule has 1 atom stereocenters. The van der Waals surface area contributed by atoms with Crippen molar-refractivity contribution in [2.75, 3.05) is 20.2 Å². The molecule has 1 saturated heterocycles. The third kappa shape index (κ3) is 4.27. The van der Waals surface area contributed by atoms with Crippen LogP contribution in [-0.4, -0.2) is 41.2 Å². The number of esters is 1. The van der Waals surface area contributed by atoms with Crippen LogP contribution >= 0.6 is 0 Å². The van der Waals surface area contributed by atoms with E-state index in [-0.39, 0.29) is 17.7 Å². The molecule has 1 aromatic heterocycles. The van der Waals surface area contributed by atoms with Crippen molar-refractivity contribution in [1.82, 2.24) is 9.88 Å². The summed E-state index contributed by atoms with van der Waals surface area (Å²) in [5.74, 6) is -0.477. The highest BCUT2D eigenvalue weighted by Gasteiger charge is 2.26. The van der Waals surface area contributed by atoms with Gasteiger partial charge in [0.2, 0.25) is 0 Å². The molecule has 3 rings (SSSR count). The van der Waals surface area contributed by atoms with Crippen molar-refractivity contribution in [3.05, 3.63) is 59.2 Å². The molecule has 1 unspecified atom stereocenters. The number of hydrogen-bond donors (Lipinski definition) is 2. The van der Waals surface area contributed by atoms with Gasteiger partial charge in [0.05, 0.1) is 13.2 Å². The average molecular weight is 346 g/mol. The normalized spacial score (nSPS) is 17.4. The standard InChI is InChI=1S/C19H23FN2O3/c1-25-19(24)17-10-13(11-21-17)12-22-8-6-15(7-9-22)18(23)14-2-4-16(20)5-3-14/h2-5,10-11,15,18,21,23H,6-9,12H2,1H3. The van der Waals surface area contributed by atoms with Crippen LogP contribution in [0, 0.1) is 11.7 Å². The molecule has 2 aromatic rings. The van der Waals surface area contributed by atoms with Crippen molar-refractivity contribution in [1.29, 1.82) is 0 Å². The number of likely N-dealkylation sites (tertiary alicyclic amines) is 1. The summed E-state index contributed by atoms with van der Waals surface area (Å²) in [6.07, 6.45) is 3.03. The monoisotopic (exact) mass is 346 g/mol. The Balaban J connectivity index is 1.52. The lowest BCUT2D eigenvalue weighted by atomic mass is 9.87. The summed E-state index contributed by atoms with van der Waals surface area (Å²) in [5, 5.41) is 10.5. The van der Waals surface area contributed by atoms with E-state index in [1.807, 2.05) is 12.3 Å². The minimum Gasteiger partial charge on any atom is -0.464 e. The van der Waals surface area contributed by atoms with Crippen LogP contribution in [0.3, 0.4) is 0 Å². The number of benzene rings is 1. The second-order valence-corrected chi connectivity index (χ2v) is 6.52. The van der Waals surface area contributed by atoms with E-state index in [1.165, 1.54) is 19.2 Å². The Kier molecular flexibility index (Phi) is 5.50. The zero-order valence-corrected chi connectivity index (χ0v) is 14.2. The lowest BCUT2D eigenvalue weighted by Crippen LogP contribution is -2.35. The van der Waals surface area contributed by atoms with Crippen LogP contribution in [-0.2, 0) is 11.3 Å². The Morgan fingerprint density at radius 3 is 2.68 bits per heavy atom. The zero-order chi connectivity index (χ0) is 17.8. The van der Waals surface area contributed by atoms with Crippen molar-refractivity contribution in [2.24, 2.45) is 5.92 Å². The van der Waals surface area contributed by atoms with E-state index >= 15 is 0 Å². The molecule has 0 saturated carbocycles. The summed E-state index contributed by atoms with van der Waals surface area (Å²) < 4.78 is 17.7. The Bertz CT molecular complexity index is 706. The van der Waals surface area contributed by atoms with Gasteiger partial charge in [-0.1, -0.05) is 12.1 Å². The average Bonchev–Trinajstić information content (AvgIpc) is 3.10. The molecule has 0 bridgehead atoms. The number of carbonyl (C=O) groups is 1. The van der Waals surface area contributed by atoms with Gasteiger partial charge in [-0.05, 0) is 61.2 Å². The molecular formula is C19H23FN2O3. The van der Waals surface area contributed by atoms with Gasteiger partial charge in [-0.25, -0.2) is 9.18 Å². The molecule has 5 nitrogen and oxygen atoms in total. The number of aromatic amines is 1. The maximum atomic E-state index is 13.0. The van der Waals surface area contributed by atoms with Gasteiger partial charge in [0, 0.05) is 12.7 Å². The van der Waals surface area contributed by atoms with Crippen molar-refractivity contribution in [2.45, 2.75) is 25.5 Å². The van der Waals surface area contributed by atoms with Crippen LogP contribution in [0.25, 0.3) is 0 Å². The summed E-state index contributed by atoms with van der Waals surface area (Å²) in [5.41, 5.74) is 2.27. The molecular weight excluding hydrogens is 323 g/mol. The number of aliphatic hydroxyl groups excluding tert-OH is 1. The number of piperidine rings is 1. The first kappa shape index (κ1) is 17.6. The Morgan fingerprint density at radius 1 is 1.36 bits per heavy atom. The number of nitrogens with zero attached hydrogens (tertiary/aromatic N) is 1. The van der Waals surface area contributed by atoms with Crippen molar-refractivity contribution in [3.63, 3.8) is 0 Å². The van der Waals surface area contributed by atoms with Gasteiger partial charge in [0.15, 0.2) is 0 Å². The molecule has 0 spiro atoms. The second-order valence-electron chi connectivity index (χ2n) is 6.52. The third-order valence-electron chi connectivity index (χ3n) is 4.84. The van der Waals surface area contributed by atoms with E-state index in [9.17, 15) is 14.3 Å². The quantitative estimate of drug-likeness (QED) is 0.817. The van der Waals surface area contributed by atoms with Crippen LogP contribution in [0.4, 0.5) is 4.39 Å². The number of methoxy groups -OCH3 is 1. The van der Waals surface area contributed by atoms with Gasteiger partial charge in [0.25, 0.3) is 0 Å².